The zero-order valence-electron chi connectivity index (χ0n) is 9.66. The van der Waals surface area contributed by atoms with Gasteiger partial charge in [-0.15, -0.1) is 11.3 Å². The standard InChI is InChI=1S/C11H19BrN2OS/c1-11(2,7-14-4-9(13)5-15)10-3-8(12)6-16-10/h3,6,9,14-15H,4-5,7,13H2,1-2H3. The first kappa shape index (κ1) is 14.1. The molecule has 1 aromatic heterocycles. The van der Waals surface area contributed by atoms with Crippen LogP contribution in [0, 0.1) is 0 Å². The fourth-order valence-electron chi connectivity index (χ4n) is 1.39. The van der Waals surface area contributed by atoms with Gasteiger partial charge in [0.1, 0.15) is 0 Å². The number of hydrogen-bond donors (Lipinski definition) is 3. The molecule has 1 aromatic rings. The summed E-state index contributed by atoms with van der Waals surface area (Å²) >= 11 is 5.22. The lowest BCUT2D eigenvalue weighted by molar-refractivity contribution is 0.260. The van der Waals surface area contributed by atoms with Crippen LogP contribution < -0.4 is 11.1 Å². The zero-order valence-corrected chi connectivity index (χ0v) is 12.1. The fourth-order valence-corrected chi connectivity index (χ4v) is 2.94. The summed E-state index contributed by atoms with van der Waals surface area (Å²) in [7, 11) is 0. The summed E-state index contributed by atoms with van der Waals surface area (Å²) in [4.78, 5) is 1.34. The average Bonchev–Trinajstić information content (AvgIpc) is 2.65. The maximum Gasteiger partial charge on any atom is 0.0594 e. The molecule has 0 fully saturated rings. The van der Waals surface area contributed by atoms with Crippen LogP contribution in [0.25, 0.3) is 0 Å². The third kappa shape index (κ3) is 4.14. The maximum atomic E-state index is 8.82. The molecule has 0 aliphatic carbocycles. The molecule has 0 amide bonds. The molecular formula is C11H19BrN2OS. The Morgan fingerprint density at radius 1 is 1.62 bits per heavy atom. The van der Waals surface area contributed by atoms with E-state index in [1.807, 2.05) is 0 Å². The van der Waals surface area contributed by atoms with Crippen LogP contribution in [0.2, 0.25) is 0 Å². The van der Waals surface area contributed by atoms with E-state index in [9.17, 15) is 0 Å². The van der Waals surface area contributed by atoms with Gasteiger partial charge in [-0.1, -0.05) is 13.8 Å². The molecular weight excluding hydrogens is 288 g/mol. The van der Waals surface area contributed by atoms with Gasteiger partial charge in [-0.05, 0) is 22.0 Å². The van der Waals surface area contributed by atoms with Crippen molar-refractivity contribution in [3.8, 4) is 0 Å². The molecule has 0 saturated carbocycles. The van der Waals surface area contributed by atoms with Gasteiger partial charge in [0.05, 0.1) is 6.61 Å². The number of thiophene rings is 1. The van der Waals surface area contributed by atoms with Crippen LogP contribution in [0.4, 0.5) is 0 Å². The number of halogens is 1. The van der Waals surface area contributed by atoms with Crippen molar-refractivity contribution in [3.05, 3.63) is 20.8 Å². The summed E-state index contributed by atoms with van der Waals surface area (Å²) in [5.74, 6) is 0. The first-order valence-electron chi connectivity index (χ1n) is 5.27. The Hall–Kier alpha value is 0.0600. The lowest BCUT2D eigenvalue weighted by Gasteiger charge is -2.24. The summed E-state index contributed by atoms with van der Waals surface area (Å²) in [6.45, 7) is 5.92. The average molecular weight is 307 g/mol. The van der Waals surface area contributed by atoms with Gasteiger partial charge in [-0.2, -0.15) is 0 Å². The van der Waals surface area contributed by atoms with E-state index >= 15 is 0 Å². The largest absolute Gasteiger partial charge is 0.395 e. The highest BCUT2D eigenvalue weighted by atomic mass is 79.9. The van der Waals surface area contributed by atoms with Crippen LogP contribution >= 0.6 is 27.3 Å². The first-order valence-corrected chi connectivity index (χ1v) is 6.94. The third-order valence-electron chi connectivity index (χ3n) is 2.44. The topological polar surface area (TPSA) is 58.3 Å². The molecule has 0 bridgehead atoms. The summed E-state index contributed by atoms with van der Waals surface area (Å²) in [6, 6.07) is 1.98. The first-order chi connectivity index (χ1) is 7.45. The molecule has 0 aromatic carbocycles. The molecule has 0 spiro atoms. The quantitative estimate of drug-likeness (QED) is 0.750. The third-order valence-corrected chi connectivity index (χ3v) is 4.50. The molecule has 1 rings (SSSR count). The molecule has 0 aliphatic rings. The molecule has 1 atom stereocenters. The van der Waals surface area contributed by atoms with Gasteiger partial charge in [0.25, 0.3) is 0 Å². The van der Waals surface area contributed by atoms with E-state index in [1.165, 1.54) is 4.88 Å². The summed E-state index contributed by atoms with van der Waals surface area (Å²) in [6.07, 6.45) is 0. The lowest BCUT2D eigenvalue weighted by atomic mass is 9.91. The second-order valence-corrected chi connectivity index (χ2v) is 6.41. The van der Waals surface area contributed by atoms with Crippen LogP contribution in [0.5, 0.6) is 0 Å². The van der Waals surface area contributed by atoms with E-state index in [0.29, 0.717) is 6.54 Å². The van der Waals surface area contributed by atoms with Gasteiger partial charge < -0.3 is 16.2 Å². The van der Waals surface area contributed by atoms with Gasteiger partial charge in [-0.3, -0.25) is 0 Å². The van der Waals surface area contributed by atoms with Gasteiger partial charge in [0.15, 0.2) is 0 Å². The highest BCUT2D eigenvalue weighted by Gasteiger charge is 2.22. The molecule has 92 valence electrons. The Bertz CT molecular complexity index is 328. The zero-order chi connectivity index (χ0) is 12.2. The lowest BCUT2D eigenvalue weighted by Crippen LogP contribution is -2.41. The smallest absolute Gasteiger partial charge is 0.0594 e. The Labute approximate surface area is 109 Å². The van der Waals surface area contributed by atoms with Crippen molar-refractivity contribution in [1.29, 1.82) is 0 Å². The van der Waals surface area contributed by atoms with Crippen LogP contribution in [0.15, 0.2) is 15.9 Å². The van der Waals surface area contributed by atoms with E-state index in [2.05, 4.69) is 46.5 Å². The molecule has 4 N–H and O–H groups in total. The molecule has 16 heavy (non-hydrogen) atoms. The van der Waals surface area contributed by atoms with Crippen LogP contribution in [0.1, 0.15) is 18.7 Å². The summed E-state index contributed by atoms with van der Waals surface area (Å²) in [5.41, 5.74) is 5.72. The van der Waals surface area contributed by atoms with Gasteiger partial charge in [0, 0.05) is 39.3 Å². The van der Waals surface area contributed by atoms with Crippen molar-refractivity contribution in [2.45, 2.75) is 25.3 Å². The molecule has 0 saturated heterocycles. The van der Waals surface area contributed by atoms with Crippen molar-refractivity contribution >= 4 is 27.3 Å². The van der Waals surface area contributed by atoms with Crippen molar-refractivity contribution in [2.75, 3.05) is 19.7 Å². The van der Waals surface area contributed by atoms with Crippen molar-refractivity contribution in [3.63, 3.8) is 0 Å². The highest BCUT2D eigenvalue weighted by Crippen LogP contribution is 2.30. The van der Waals surface area contributed by atoms with Gasteiger partial charge in [-0.25, -0.2) is 0 Å². The maximum absolute atomic E-state index is 8.82. The minimum absolute atomic E-state index is 0.0258. The van der Waals surface area contributed by atoms with Crippen molar-refractivity contribution < 1.29 is 5.11 Å². The van der Waals surface area contributed by atoms with Gasteiger partial charge >= 0.3 is 0 Å². The monoisotopic (exact) mass is 306 g/mol. The van der Waals surface area contributed by atoms with E-state index in [1.54, 1.807) is 11.3 Å². The predicted molar refractivity (Wildman–Crippen MR) is 73.0 cm³/mol. The molecule has 3 nitrogen and oxygen atoms in total. The minimum atomic E-state index is -0.175. The number of aliphatic hydroxyl groups excluding tert-OH is 1. The predicted octanol–water partition coefficient (Wildman–Crippen LogP) is 1.70. The second kappa shape index (κ2) is 6.12. The number of rotatable bonds is 6. The van der Waals surface area contributed by atoms with Gasteiger partial charge in [0.2, 0.25) is 0 Å². The minimum Gasteiger partial charge on any atom is -0.395 e. The van der Waals surface area contributed by atoms with Crippen molar-refractivity contribution in [1.82, 2.24) is 5.32 Å². The number of hydrogen-bond acceptors (Lipinski definition) is 4. The number of nitrogens with two attached hydrogens (primary N) is 1. The summed E-state index contributed by atoms with van der Waals surface area (Å²) in [5, 5.41) is 14.2. The van der Waals surface area contributed by atoms with Crippen LogP contribution in [-0.2, 0) is 5.41 Å². The molecule has 1 heterocycles. The molecule has 0 radical (unpaired) electrons. The van der Waals surface area contributed by atoms with E-state index in [-0.39, 0.29) is 18.1 Å². The Morgan fingerprint density at radius 2 is 2.31 bits per heavy atom. The molecule has 5 heteroatoms. The van der Waals surface area contributed by atoms with Crippen LogP contribution in [0.3, 0.4) is 0 Å². The highest BCUT2D eigenvalue weighted by molar-refractivity contribution is 9.10. The molecule has 1 unspecified atom stereocenters. The van der Waals surface area contributed by atoms with E-state index in [0.717, 1.165) is 11.0 Å². The summed E-state index contributed by atoms with van der Waals surface area (Å²) < 4.78 is 1.13. The molecule has 0 aliphatic heterocycles. The Balaban J connectivity index is 2.46. The SMILES string of the molecule is CC(C)(CNCC(N)CO)c1cc(Br)cs1. The van der Waals surface area contributed by atoms with E-state index < -0.39 is 0 Å². The Kier molecular flexibility index (Phi) is 5.40. The normalized spacial score (nSPS) is 14.1. The Morgan fingerprint density at radius 3 is 2.81 bits per heavy atom. The van der Waals surface area contributed by atoms with Crippen LogP contribution in [-0.4, -0.2) is 30.8 Å². The number of aliphatic hydroxyl groups is 1. The number of nitrogens with one attached hydrogen (secondary N) is 1. The van der Waals surface area contributed by atoms with Crippen molar-refractivity contribution in [2.24, 2.45) is 5.73 Å². The fraction of sp³-hybridized carbons (Fsp3) is 0.636. The van der Waals surface area contributed by atoms with E-state index in [4.69, 9.17) is 10.8 Å². The second-order valence-electron chi connectivity index (χ2n) is 4.59.